The summed E-state index contributed by atoms with van der Waals surface area (Å²) in [5, 5.41) is 12.3. The molecule has 3 rings (SSSR count). The molecule has 0 aliphatic carbocycles. The van der Waals surface area contributed by atoms with Crippen molar-refractivity contribution in [2.75, 3.05) is 0 Å². The Morgan fingerprint density at radius 3 is 2.30 bits per heavy atom. The van der Waals surface area contributed by atoms with Crippen molar-refractivity contribution in [3.05, 3.63) is 63.7 Å². The minimum atomic E-state index is -0.497. The molecule has 0 aliphatic heterocycles. The number of carbonyl (C=O) groups excluding carboxylic acids is 2. The standard InChI is InChI=1S/C20H21N5O2/c1-11-9-12(2)18(14(4)13(11)3)17(26)10-25-23-20(22-24-25)16-7-5-15(6-8-16)19(21)27/h5-9H,10H2,1-4H3,(H2,21,27). The summed E-state index contributed by atoms with van der Waals surface area (Å²) in [5.74, 6) is -0.170. The fraction of sp³-hybridized carbons (Fsp3) is 0.250. The first-order chi connectivity index (χ1) is 12.8. The van der Waals surface area contributed by atoms with E-state index in [-0.39, 0.29) is 12.3 Å². The maximum absolute atomic E-state index is 12.8. The Balaban J connectivity index is 1.83. The molecule has 2 N–H and O–H groups in total. The van der Waals surface area contributed by atoms with Gasteiger partial charge in [-0.2, -0.15) is 4.80 Å². The Hall–Kier alpha value is -3.35. The molecule has 0 radical (unpaired) electrons. The van der Waals surface area contributed by atoms with Crippen LogP contribution >= 0.6 is 0 Å². The van der Waals surface area contributed by atoms with Gasteiger partial charge in [0.1, 0.15) is 6.54 Å². The van der Waals surface area contributed by atoms with Gasteiger partial charge in [-0.05, 0) is 67.3 Å². The summed E-state index contributed by atoms with van der Waals surface area (Å²) in [6.45, 7) is 7.97. The molecule has 138 valence electrons. The van der Waals surface area contributed by atoms with Crippen molar-refractivity contribution in [3.8, 4) is 11.4 Å². The lowest BCUT2D eigenvalue weighted by Crippen LogP contribution is -2.16. The zero-order valence-corrected chi connectivity index (χ0v) is 15.8. The second-order valence-electron chi connectivity index (χ2n) is 6.64. The van der Waals surface area contributed by atoms with E-state index in [1.165, 1.54) is 10.4 Å². The van der Waals surface area contributed by atoms with E-state index in [4.69, 9.17) is 5.73 Å². The van der Waals surface area contributed by atoms with Crippen LogP contribution < -0.4 is 5.73 Å². The highest BCUT2D eigenvalue weighted by Gasteiger charge is 2.17. The van der Waals surface area contributed by atoms with Gasteiger partial charge in [0.15, 0.2) is 5.78 Å². The summed E-state index contributed by atoms with van der Waals surface area (Å²) in [6.07, 6.45) is 0. The van der Waals surface area contributed by atoms with Crippen LogP contribution in [-0.2, 0) is 6.54 Å². The molecule has 1 heterocycles. The number of hydrogen-bond acceptors (Lipinski definition) is 5. The second kappa shape index (κ2) is 7.11. The van der Waals surface area contributed by atoms with Gasteiger partial charge in [-0.15, -0.1) is 10.2 Å². The first-order valence-corrected chi connectivity index (χ1v) is 8.56. The van der Waals surface area contributed by atoms with E-state index < -0.39 is 5.91 Å². The number of nitrogens with zero attached hydrogens (tertiary/aromatic N) is 4. The van der Waals surface area contributed by atoms with E-state index in [2.05, 4.69) is 15.4 Å². The van der Waals surface area contributed by atoms with Crippen LogP contribution in [0.4, 0.5) is 0 Å². The third-order valence-electron chi connectivity index (χ3n) is 4.80. The van der Waals surface area contributed by atoms with E-state index in [9.17, 15) is 9.59 Å². The fourth-order valence-electron chi connectivity index (χ4n) is 3.13. The van der Waals surface area contributed by atoms with Crippen LogP contribution in [0.3, 0.4) is 0 Å². The number of tetrazole rings is 1. The molecule has 1 aromatic heterocycles. The molecule has 0 bridgehead atoms. The lowest BCUT2D eigenvalue weighted by atomic mass is 9.92. The van der Waals surface area contributed by atoms with Gasteiger partial charge in [0.05, 0.1) is 0 Å². The van der Waals surface area contributed by atoms with E-state index in [1.54, 1.807) is 24.3 Å². The molecule has 7 nitrogen and oxygen atoms in total. The molecule has 27 heavy (non-hydrogen) atoms. The molecule has 1 amide bonds. The molecule has 0 spiro atoms. The lowest BCUT2D eigenvalue weighted by Gasteiger charge is -2.13. The molecule has 3 aromatic rings. The van der Waals surface area contributed by atoms with E-state index in [0.717, 1.165) is 16.7 Å². The highest BCUT2D eigenvalue weighted by Crippen LogP contribution is 2.22. The summed E-state index contributed by atoms with van der Waals surface area (Å²) in [4.78, 5) is 25.2. The minimum absolute atomic E-state index is 0.0105. The quantitative estimate of drug-likeness (QED) is 0.702. The van der Waals surface area contributed by atoms with Crippen molar-refractivity contribution in [2.24, 2.45) is 5.73 Å². The van der Waals surface area contributed by atoms with Gasteiger partial charge in [-0.3, -0.25) is 9.59 Å². The van der Waals surface area contributed by atoms with Crippen LogP contribution in [-0.4, -0.2) is 31.9 Å². The first-order valence-electron chi connectivity index (χ1n) is 8.56. The molecule has 0 atom stereocenters. The van der Waals surface area contributed by atoms with Crippen molar-refractivity contribution >= 4 is 11.7 Å². The first kappa shape index (κ1) is 18.4. The smallest absolute Gasteiger partial charge is 0.248 e. The maximum Gasteiger partial charge on any atom is 0.248 e. The summed E-state index contributed by atoms with van der Waals surface area (Å²) in [6, 6.07) is 8.62. The Bertz CT molecular complexity index is 1040. The third-order valence-corrected chi connectivity index (χ3v) is 4.80. The number of aryl methyl sites for hydroxylation is 2. The lowest BCUT2D eigenvalue weighted by molar-refractivity contribution is 0.0958. The predicted octanol–water partition coefficient (Wildman–Crippen LogP) is 2.56. The van der Waals surface area contributed by atoms with Gasteiger partial charge in [0.25, 0.3) is 0 Å². The molecular weight excluding hydrogens is 342 g/mol. The van der Waals surface area contributed by atoms with Gasteiger partial charge in [0, 0.05) is 16.7 Å². The number of benzene rings is 2. The average Bonchev–Trinajstić information content (AvgIpc) is 3.08. The van der Waals surface area contributed by atoms with Crippen molar-refractivity contribution in [3.63, 3.8) is 0 Å². The van der Waals surface area contributed by atoms with Gasteiger partial charge < -0.3 is 5.73 Å². The van der Waals surface area contributed by atoms with Crippen LogP contribution in [0.2, 0.25) is 0 Å². The average molecular weight is 363 g/mol. The number of aromatic nitrogens is 4. The fourth-order valence-corrected chi connectivity index (χ4v) is 3.13. The zero-order chi connectivity index (χ0) is 19.7. The number of amides is 1. The van der Waals surface area contributed by atoms with Gasteiger partial charge in [0.2, 0.25) is 11.7 Å². The number of hydrogen-bond donors (Lipinski definition) is 1. The number of nitrogens with two attached hydrogens (primary N) is 1. The van der Waals surface area contributed by atoms with Gasteiger partial charge in [-0.25, -0.2) is 0 Å². The number of carbonyl (C=O) groups is 2. The van der Waals surface area contributed by atoms with Crippen LogP contribution in [0.5, 0.6) is 0 Å². The zero-order valence-electron chi connectivity index (χ0n) is 15.8. The Morgan fingerprint density at radius 2 is 1.67 bits per heavy atom. The Labute approximate surface area is 157 Å². The highest BCUT2D eigenvalue weighted by molar-refractivity contribution is 5.99. The van der Waals surface area contributed by atoms with Crippen molar-refractivity contribution in [1.29, 1.82) is 0 Å². The van der Waals surface area contributed by atoms with Crippen LogP contribution in [0, 0.1) is 27.7 Å². The van der Waals surface area contributed by atoms with E-state index in [1.807, 2.05) is 33.8 Å². The number of Topliss-reactive ketones (excluding diaryl/α,β-unsaturated/α-hetero) is 1. The minimum Gasteiger partial charge on any atom is -0.366 e. The molecule has 7 heteroatoms. The van der Waals surface area contributed by atoms with Gasteiger partial charge in [-0.1, -0.05) is 18.2 Å². The maximum atomic E-state index is 12.8. The van der Waals surface area contributed by atoms with Crippen molar-refractivity contribution in [1.82, 2.24) is 20.2 Å². The summed E-state index contributed by atoms with van der Waals surface area (Å²) >= 11 is 0. The molecule has 0 saturated carbocycles. The monoisotopic (exact) mass is 363 g/mol. The summed E-state index contributed by atoms with van der Waals surface area (Å²) < 4.78 is 0. The Kier molecular flexibility index (Phi) is 4.85. The van der Waals surface area contributed by atoms with Crippen molar-refractivity contribution in [2.45, 2.75) is 34.2 Å². The molecule has 2 aromatic carbocycles. The largest absolute Gasteiger partial charge is 0.366 e. The van der Waals surface area contributed by atoms with Crippen LogP contribution in [0.15, 0.2) is 30.3 Å². The molecule has 0 aliphatic rings. The van der Waals surface area contributed by atoms with Gasteiger partial charge >= 0.3 is 0 Å². The molecular formula is C20H21N5O2. The number of ketones is 1. The predicted molar refractivity (Wildman–Crippen MR) is 101 cm³/mol. The normalized spacial score (nSPS) is 10.8. The molecule has 0 unspecified atom stereocenters. The SMILES string of the molecule is Cc1cc(C)c(C(=O)Cn2nnc(-c3ccc(C(N)=O)cc3)n2)c(C)c1C. The molecule has 0 fully saturated rings. The van der Waals surface area contributed by atoms with E-state index >= 15 is 0 Å². The third kappa shape index (κ3) is 3.62. The topological polar surface area (TPSA) is 104 Å². The number of primary amides is 1. The highest BCUT2D eigenvalue weighted by atomic mass is 16.1. The van der Waals surface area contributed by atoms with Crippen molar-refractivity contribution < 1.29 is 9.59 Å². The second-order valence-corrected chi connectivity index (χ2v) is 6.64. The summed E-state index contributed by atoms with van der Waals surface area (Å²) in [7, 11) is 0. The summed E-state index contributed by atoms with van der Waals surface area (Å²) in [5.41, 5.74) is 11.3. The van der Waals surface area contributed by atoms with Crippen LogP contribution in [0.1, 0.15) is 43.0 Å². The molecule has 0 saturated heterocycles. The van der Waals surface area contributed by atoms with E-state index in [0.29, 0.717) is 22.5 Å². The number of rotatable bonds is 5. The van der Waals surface area contributed by atoms with Crippen LogP contribution in [0.25, 0.3) is 11.4 Å². The Morgan fingerprint density at radius 1 is 1.00 bits per heavy atom.